The Morgan fingerprint density at radius 1 is 1.41 bits per heavy atom. The Morgan fingerprint density at radius 3 is 2.93 bits per heavy atom. The predicted molar refractivity (Wildman–Crippen MR) is 98.6 cm³/mol. The highest BCUT2D eigenvalue weighted by atomic mass is 19.1. The first kappa shape index (κ1) is 17.3. The average molecular weight is 373 g/mol. The number of aromatic amines is 1. The third-order valence-corrected chi connectivity index (χ3v) is 4.53. The van der Waals surface area contributed by atoms with Gasteiger partial charge in [-0.15, -0.1) is 0 Å². The molecular formula is C17H20FN7O2. The summed E-state index contributed by atoms with van der Waals surface area (Å²) in [6.45, 7) is 0.634. The molecule has 142 valence electrons. The molecule has 9 nitrogen and oxygen atoms in total. The van der Waals surface area contributed by atoms with Gasteiger partial charge in [-0.25, -0.2) is 14.2 Å². The number of carbonyl (C=O) groups is 1. The molecule has 3 heterocycles. The molecule has 2 amide bonds. The number of carbonyl (C=O) groups excluding carboxylic acids is 1. The number of H-pyrrole nitrogens is 1. The number of anilines is 1. The van der Waals surface area contributed by atoms with Crippen molar-refractivity contribution in [3.8, 4) is 16.9 Å². The van der Waals surface area contributed by atoms with Crippen molar-refractivity contribution in [2.24, 2.45) is 7.05 Å². The van der Waals surface area contributed by atoms with Gasteiger partial charge in [0.15, 0.2) is 0 Å². The molecule has 1 aliphatic heterocycles. The number of benzene rings is 1. The summed E-state index contributed by atoms with van der Waals surface area (Å²) in [5, 5.41) is 12.3. The number of urea groups is 1. The normalized spacial score (nSPS) is 19.4. The Balaban J connectivity index is 1.63. The van der Waals surface area contributed by atoms with Crippen molar-refractivity contribution in [3.63, 3.8) is 0 Å². The lowest BCUT2D eigenvalue weighted by molar-refractivity contribution is 0.239. The number of aryl methyl sites for hydroxylation is 1. The number of amides is 2. The summed E-state index contributed by atoms with van der Waals surface area (Å²) in [4.78, 5) is 19.7. The third-order valence-electron chi connectivity index (χ3n) is 4.53. The van der Waals surface area contributed by atoms with Crippen LogP contribution >= 0.6 is 0 Å². The first-order valence-corrected chi connectivity index (χ1v) is 8.53. The van der Waals surface area contributed by atoms with Crippen LogP contribution in [0.3, 0.4) is 0 Å². The van der Waals surface area contributed by atoms with Crippen LogP contribution in [0.15, 0.2) is 24.5 Å². The molecule has 10 heteroatoms. The van der Waals surface area contributed by atoms with E-state index in [1.165, 1.54) is 0 Å². The molecule has 0 aliphatic carbocycles. The van der Waals surface area contributed by atoms with Gasteiger partial charge < -0.3 is 20.4 Å². The molecule has 4 rings (SSSR count). The molecule has 0 bridgehead atoms. The molecule has 0 unspecified atom stereocenters. The van der Waals surface area contributed by atoms with Crippen LogP contribution in [0.2, 0.25) is 0 Å². The Labute approximate surface area is 154 Å². The lowest BCUT2D eigenvalue weighted by Crippen LogP contribution is -2.43. The minimum absolute atomic E-state index is 0.237. The maximum absolute atomic E-state index is 13.6. The van der Waals surface area contributed by atoms with Crippen molar-refractivity contribution in [1.29, 1.82) is 0 Å². The Hall–Kier alpha value is -3.14. The average Bonchev–Trinajstić information content (AvgIpc) is 3.35. The third kappa shape index (κ3) is 3.31. The second-order valence-electron chi connectivity index (χ2n) is 6.41. The van der Waals surface area contributed by atoms with Crippen molar-refractivity contribution >= 4 is 23.0 Å². The topological polar surface area (TPSA) is 109 Å². The van der Waals surface area contributed by atoms with E-state index in [1.807, 2.05) is 25.4 Å². The molecule has 2 aromatic heterocycles. The van der Waals surface area contributed by atoms with Gasteiger partial charge in [-0.1, -0.05) is 0 Å². The lowest BCUT2D eigenvalue weighted by atomic mass is 10.1. The number of rotatable bonds is 4. The van der Waals surface area contributed by atoms with Crippen LogP contribution in [0.1, 0.15) is 0 Å². The van der Waals surface area contributed by atoms with Crippen LogP contribution in [0.4, 0.5) is 15.1 Å². The molecule has 4 N–H and O–H groups in total. The van der Waals surface area contributed by atoms with Crippen molar-refractivity contribution in [1.82, 2.24) is 30.4 Å². The van der Waals surface area contributed by atoms with E-state index in [2.05, 4.69) is 31.0 Å². The van der Waals surface area contributed by atoms with Crippen LogP contribution in [0.25, 0.3) is 22.2 Å². The van der Waals surface area contributed by atoms with E-state index in [9.17, 15) is 9.18 Å². The van der Waals surface area contributed by atoms with E-state index in [-0.39, 0.29) is 12.5 Å². The molecule has 0 saturated carbocycles. The number of ether oxygens (including phenoxy) is 1. The molecular weight excluding hydrogens is 353 g/mol. The zero-order valence-electron chi connectivity index (χ0n) is 14.9. The molecule has 1 fully saturated rings. The highest BCUT2D eigenvalue weighted by Crippen LogP contribution is 2.33. The zero-order chi connectivity index (χ0) is 19.0. The van der Waals surface area contributed by atoms with Crippen molar-refractivity contribution in [3.05, 3.63) is 24.5 Å². The van der Waals surface area contributed by atoms with Crippen molar-refractivity contribution in [2.75, 3.05) is 25.5 Å². The van der Waals surface area contributed by atoms with Gasteiger partial charge in [-0.05, 0) is 12.1 Å². The molecule has 0 radical (unpaired) electrons. The van der Waals surface area contributed by atoms with E-state index in [0.717, 1.165) is 11.1 Å². The Bertz CT molecular complexity index is 983. The van der Waals surface area contributed by atoms with Crippen LogP contribution in [0.5, 0.6) is 5.75 Å². The van der Waals surface area contributed by atoms with Crippen molar-refractivity contribution in [2.45, 2.75) is 12.2 Å². The first-order valence-electron chi connectivity index (χ1n) is 8.53. The van der Waals surface area contributed by atoms with Gasteiger partial charge in [0.2, 0.25) is 5.95 Å². The van der Waals surface area contributed by atoms with Crippen molar-refractivity contribution < 1.29 is 13.9 Å². The largest absolute Gasteiger partial charge is 0.494 e. The molecule has 1 aliphatic rings. The fourth-order valence-corrected chi connectivity index (χ4v) is 3.19. The van der Waals surface area contributed by atoms with Gasteiger partial charge >= 0.3 is 6.03 Å². The molecule has 27 heavy (non-hydrogen) atoms. The minimum Gasteiger partial charge on any atom is -0.494 e. The van der Waals surface area contributed by atoms with Gasteiger partial charge in [0, 0.05) is 37.5 Å². The predicted octanol–water partition coefficient (Wildman–Crippen LogP) is 1.40. The second-order valence-corrected chi connectivity index (χ2v) is 6.41. The van der Waals surface area contributed by atoms with Gasteiger partial charge in [0.1, 0.15) is 23.0 Å². The van der Waals surface area contributed by atoms with E-state index in [1.54, 1.807) is 18.0 Å². The highest BCUT2D eigenvalue weighted by Gasteiger charge is 2.28. The number of imidazole rings is 1. The van der Waals surface area contributed by atoms with Crippen LogP contribution in [-0.4, -0.2) is 58.2 Å². The fourth-order valence-electron chi connectivity index (χ4n) is 3.19. The fraction of sp³-hybridized carbons (Fsp3) is 0.353. The van der Waals surface area contributed by atoms with E-state index >= 15 is 0 Å². The number of fused-ring (bicyclic) bond motifs is 1. The van der Waals surface area contributed by atoms with Crippen LogP contribution in [0, 0.1) is 0 Å². The quantitative estimate of drug-likeness (QED) is 0.553. The second kappa shape index (κ2) is 6.88. The number of hydrogen-bond donors (Lipinski definition) is 4. The number of methoxy groups -OCH3 is 1. The van der Waals surface area contributed by atoms with E-state index in [4.69, 9.17) is 4.74 Å². The van der Waals surface area contributed by atoms with Gasteiger partial charge in [-0.2, -0.15) is 5.10 Å². The standard InChI is InChI=1S/C17H20FN7O2/c1-25-8-9(5-20-25)10-3-4-13(27-2)15-14(10)22-16(23-15)24-17(26)21-12-7-19-6-11(12)18/h3-5,8,11-12,19H,6-7H2,1-2H3,(H3,21,22,23,24,26)/t11-,12+/m0/s1. The molecule has 2 atom stereocenters. The first-order chi connectivity index (χ1) is 13.0. The number of nitrogens with zero attached hydrogens (tertiary/aromatic N) is 3. The number of aromatic nitrogens is 4. The maximum atomic E-state index is 13.6. The summed E-state index contributed by atoms with van der Waals surface area (Å²) in [7, 11) is 3.40. The molecule has 1 saturated heterocycles. The molecule has 1 aromatic carbocycles. The Morgan fingerprint density at radius 2 is 2.26 bits per heavy atom. The van der Waals surface area contributed by atoms with Gasteiger partial charge in [-0.3, -0.25) is 10.00 Å². The summed E-state index contributed by atoms with van der Waals surface area (Å²) in [5.41, 5.74) is 3.04. The summed E-state index contributed by atoms with van der Waals surface area (Å²) in [5.74, 6) is 0.848. The lowest BCUT2D eigenvalue weighted by Gasteiger charge is -2.13. The summed E-state index contributed by atoms with van der Waals surface area (Å²) >= 11 is 0. The zero-order valence-corrected chi connectivity index (χ0v) is 14.9. The molecule has 0 spiro atoms. The monoisotopic (exact) mass is 373 g/mol. The highest BCUT2D eigenvalue weighted by molar-refractivity contribution is 5.98. The SMILES string of the molecule is COc1ccc(-c2cnn(C)c2)c2nc(NC(=O)N[C@@H]3CNC[C@@H]3F)[nH]c12. The van der Waals surface area contributed by atoms with Crippen LogP contribution in [-0.2, 0) is 7.05 Å². The van der Waals surface area contributed by atoms with E-state index in [0.29, 0.717) is 23.3 Å². The smallest absolute Gasteiger partial charge is 0.321 e. The number of halogens is 1. The summed E-state index contributed by atoms with van der Waals surface area (Å²) in [6, 6.07) is 2.63. The molecule has 3 aromatic rings. The Kier molecular flexibility index (Phi) is 4.40. The van der Waals surface area contributed by atoms with Gasteiger partial charge in [0.05, 0.1) is 19.3 Å². The number of alkyl halides is 1. The summed E-state index contributed by atoms with van der Waals surface area (Å²) < 4.78 is 20.7. The minimum atomic E-state index is -1.11. The summed E-state index contributed by atoms with van der Waals surface area (Å²) in [6.07, 6.45) is 2.51. The van der Waals surface area contributed by atoms with Gasteiger partial charge in [0.25, 0.3) is 0 Å². The maximum Gasteiger partial charge on any atom is 0.321 e. The number of hydrogen-bond acceptors (Lipinski definition) is 5. The number of nitrogens with one attached hydrogen (secondary N) is 4. The van der Waals surface area contributed by atoms with E-state index < -0.39 is 18.2 Å². The van der Waals surface area contributed by atoms with Crippen LogP contribution < -0.4 is 20.7 Å².